The lowest BCUT2D eigenvalue weighted by Crippen LogP contribution is -2.46. The van der Waals surface area contributed by atoms with E-state index in [-0.39, 0.29) is 0 Å². The molecule has 0 bridgehead atoms. The van der Waals surface area contributed by atoms with Crippen LogP contribution < -0.4 is 5.32 Å². The van der Waals surface area contributed by atoms with E-state index in [0.29, 0.717) is 12.0 Å². The first-order chi connectivity index (χ1) is 7.18. The lowest BCUT2D eigenvalue weighted by atomic mass is 9.87. The predicted molar refractivity (Wildman–Crippen MR) is 62.8 cm³/mol. The number of hydrogen-bond donors (Lipinski definition) is 2. The number of hydrogen-bond acceptors (Lipinski definition) is 2. The molecule has 2 fully saturated rings. The zero-order valence-corrected chi connectivity index (χ0v) is 9.97. The highest BCUT2D eigenvalue weighted by Crippen LogP contribution is 2.33. The second-order valence-electron chi connectivity index (χ2n) is 5.70. The smallest absolute Gasteiger partial charge is 0.0771 e. The van der Waals surface area contributed by atoms with E-state index < -0.39 is 5.60 Å². The molecule has 2 heteroatoms. The van der Waals surface area contributed by atoms with Gasteiger partial charge >= 0.3 is 0 Å². The van der Waals surface area contributed by atoms with E-state index in [1.54, 1.807) is 0 Å². The highest BCUT2D eigenvalue weighted by molar-refractivity contribution is 4.89. The Morgan fingerprint density at radius 2 is 1.60 bits per heavy atom. The number of aliphatic hydroxyl groups is 1. The summed E-state index contributed by atoms with van der Waals surface area (Å²) < 4.78 is 0. The summed E-state index contributed by atoms with van der Waals surface area (Å²) in [5.41, 5.74) is -0.473. The fourth-order valence-electron chi connectivity index (χ4n) is 3.17. The summed E-state index contributed by atoms with van der Waals surface area (Å²) >= 11 is 0. The highest BCUT2D eigenvalue weighted by Gasteiger charge is 2.34. The molecule has 0 amide bonds. The summed E-state index contributed by atoms with van der Waals surface area (Å²) in [5.74, 6) is 0.534. The Morgan fingerprint density at radius 3 is 2.20 bits per heavy atom. The van der Waals surface area contributed by atoms with Gasteiger partial charge in [-0.2, -0.15) is 0 Å². The van der Waals surface area contributed by atoms with E-state index >= 15 is 0 Å². The van der Waals surface area contributed by atoms with E-state index in [1.165, 1.54) is 51.4 Å². The average Bonchev–Trinajstić information content (AvgIpc) is 2.88. The Morgan fingerprint density at radius 1 is 1.07 bits per heavy atom. The van der Waals surface area contributed by atoms with Crippen LogP contribution in [0, 0.1) is 5.92 Å². The van der Waals surface area contributed by atoms with Crippen molar-refractivity contribution < 1.29 is 5.11 Å². The minimum Gasteiger partial charge on any atom is -0.389 e. The van der Waals surface area contributed by atoms with Crippen LogP contribution in [0.4, 0.5) is 0 Å². The second kappa shape index (κ2) is 4.84. The van der Waals surface area contributed by atoms with E-state index in [4.69, 9.17) is 0 Å². The molecule has 0 aromatic rings. The third-order valence-electron chi connectivity index (χ3n) is 4.34. The van der Waals surface area contributed by atoms with Crippen molar-refractivity contribution in [3.8, 4) is 0 Å². The minimum atomic E-state index is -0.473. The van der Waals surface area contributed by atoms with Gasteiger partial charge in [-0.05, 0) is 38.5 Å². The molecule has 1 atom stereocenters. The first-order valence-electron chi connectivity index (χ1n) is 6.64. The molecule has 0 saturated heterocycles. The third-order valence-corrected chi connectivity index (χ3v) is 4.34. The minimum absolute atomic E-state index is 0.473. The van der Waals surface area contributed by atoms with E-state index in [9.17, 15) is 5.11 Å². The highest BCUT2D eigenvalue weighted by atomic mass is 16.3. The average molecular weight is 211 g/mol. The van der Waals surface area contributed by atoms with E-state index in [0.717, 1.165) is 6.54 Å². The third kappa shape index (κ3) is 2.94. The topological polar surface area (TPSA) is 32.3 Å². The lowest BCUT2D eigenvalue weighted by Gasteiger charge is -2.31. The second-order valence-corrected chi connectivity index (χ2v) is 5.70. The largest absolute Gasteiger partial charge is 0.389 e. The Labute approximate surface area is 93.5 Å². The predicted octanol–water partition coefficient (Wildman–Crippen LogP) is 2.46. The standard InChI is InChI=1S/C13H25NO/c1-13(15,11-6-2-3-7-11)10-14-12-8-4-5-9-12/h11-12,14-15H,2-10H2,1H3. The first kappa shape index (κ1) is 11.4. The molecule has 2 N–H and O–H groups in total. The molecule has 2 saturated carbocycles. The Hall–Kier alpha value is -0.0800. The van der Waals surface area contributed by atoms with Crippen molar-refractivity contribution in [1.29, 1.82) is 0 Å². The van der Waals surface area contributed by atoms with Crippen molar-refractivity contribution >= 4 is 0 Å². The van der Waals surface area contributed by atoms with Gasteiger partial charge in [0.05, 0.1) is 5.60 Å². The van der Waals surface area contributed by atoms with Crippen LogP contribution in [0.1, 0.15) is 58.3 Å². The van der Waals surface area contributed by atoms with E-state index in [1.807, 2.05) is 6.92 Å². The van der Waals surface area contributed by atoms with Crippen LogP contribution in [0.3, 0.4) is 0 Å². The Bertz CT molecular complexity index is 191. The summed E-state index contributed by atoms with van der Waals surface area (Å²) in [6.45, 7) is 2.81. The van der Waals surface area contributed by atoms with Crippen molar-refractivity contribution in [3.05, 3.63) is 0 Å². The van der Waals surface area contributed by atoms with E-state index in [2.05, 4.69) is 5.32 Å². The van der Waals surface area contributed by atoms with Crippen molar-refractivity contribution in [2.24, 2.45) is 5.92 Å². The van der Waals surface area contributed by atoms with Gasteiger partial charge in [0.2, 0.25) is 0 Å². The molecule has 15 heavy (non-hydrogen) atoms. The fraction of sp³-hybridized carbons (Fsp3) is 1.00. The van der Waals surface area contributed by atoms with Gasteiger partial charge in [-0.25, -0.2) is 0 Å². The van der Waals surface area contributed by atoms with Gasteiger partial charge in [-0.3, -0.25) is 0 Å². The van der Waals surface area contributed by atoms with Crippen LogP contribution in [-0.2, 0) is 0 Å². The molecular formula is C13H25NO. The molecule has 1 unspecified atom stereocenters. The molecule has 2 aliphatic rings. The zero-order valence-electron chi connectivity index (χ0n) is 9.97. The van der Waals surface area contributed by atoms with Gasteiger partial charge in [-0.1, -0.05) is 25.7 Å². The van der Waals surface area contributed by atoms with Crippen LogP contribution in [0.5, 0.6) is 0 Å². The molecule has 0 aliphatic heterocycles. The Kier molecular flexibility index (Phi) is 3.68. The molecule has 2 nitrogen and oxygen atoms in total. The van der Waals surface area contributed by atoms with Crippen LogP contribution in [-0.4, -0.2) is 23.3 Å². The van der Waals surface area contributed by atoms with Gasteiger partial charge in [0.15, 0.2) is 0 Å². The Balaban J connectivity index is 1.75. The molecule has 0 spiro atoms. The summed E-state index contributed by atoms with van der Waals surface area (Å²) in [6, 6.07) is 0.679. The quantitative estimate of drug-likeness (QED) is 0.748. The van der Waals surface area contributed by atoms with Gasteiger partial charge in [0.1, 0.15) is 0 Å². The van der Waals surface area contributed by atoms with Gasteiger partial charge in [0, 0.05) is 12.6 Å². The molecule has 2 aliphatic carbocycles. The molecule has 2 rings (SSSR count). The lowest BCUT2D eigenvalue weighted by molar-refractivity contribution is 0.000299. The van der Waals surface area contributed by atoms with Crippen LogP contribution in [0.2, 0.25) is 0 Å². The van der Waals surface area contributed by atoms with Crippen molar-refractivity contribution in [3.63, 3.8) is 0 Å². The molecule has 88 valence electrons. The van der Waals surface area contributed by atoms with Crippen molar-refractivity contribution in [1.82, 2.24) is 5.32 Å². The maximum absolute atomic E-state index is 10.4. The summed E-state index contributed by atoms with van der Waals surface area (Å²) in [6.07, 6.45) is 10.4. The SMILES string of the molecule is CC(O)(CNC1CCCC1)C1CCCC1. The number of nitrogens with one attached hydrogen (secondary N) is 1. The van der Waals surface area contributed by atoms with Crippen LogP contribution in [0.25, 0.3) is 0 Å². The van der Waals surface area contributed by atoms with Gasteiger partial charge in [0.25, 0.3) is 0 Å². The van der Waals surface area contributed by atoms with Crippen LogP contribution >= 0.6 is 0 Å². The number of rotatable bonds is 4. The zero-order chi connectivity index (χ0) is 10.7. The monoisotopic (exact) mass is 211 g/mol. The van der Waals surface area contributed by atoms with Crippen molar-refractivity contribution in [2.45, 2.75) is 69.9 Å². The molecule has 0 heterocycles. The van der Waals surface area contributed by atoms with Gasteiger partial charge < -0.3 is 10.4 Å². The summed E-state index contributed by atoms with van der Waals surface area (Å²) in [4.78, 5) is 0. The maximum Gasteiger partial charge on any atom is 0.0771 e. The molecule has 0 aromatic heterocycles. The summed E-state index contributed by atoms with van der Waals surface area (Å²) in [5, 5.41) is 14.0. The van der Waals surface area contributed by atoms with Crippen molar-refractivity contribution in [2.75, 3.05) is 6.54 Å². The normalized spacial score (nSPS) is 28.4. The molecule has 0 radical (unpaired) electrons. The van der Waals surface area contributed by atoms with Crippen LogP contribution in [0.15, 0.2) is 0 Å². The molecule has 0 aromatic carbocycles. The van der Waals surface area contributed by atoms with Gasteiger partial charge in [-0.15, -0.1) is 0 Å². The fourth-order valence-corrected chi connectivity index (χ4v) is 3.17. The molecular weight excluding hydrogens is 186 g/mol. The maximum atomic E-state index is 10.4. The summed E-state index contributed by atoms with van der Waals surface area (Å²) in [7, 11) is 0. The first-order valence-corrected chi connectivity index (χ1v) is 6.64.